The summed E-state index contributed by atoms with van der Waals surface area (Å²) < 4.78 is 11.3. The van der Waals surface area contributed by atoms with E-state index in [1.807, 2.05) is 12.1 Å². The fourth-order valence-electron chi connectivity index (χ4n) is 1.78. The summed E-state index contributed by atoms with van der Waals surface area (Å²) in [5, 5.41) is 16.2. The summed E-state index contributed by atoms with van der Waals surface area (Å²) in [7, 11) is -0.917. The fraction of sp³-hybridized carbons (Fsp3) is 0.231. The first-order valence-electron chi connectivity index (χ1n) is 6.00. The van der Waals surface area contributed by atoms with Gasteiger partial charge in [0.25, 0.3) is 0 Å². The molecule has 1 heterocycles. The third-order valence-corrected chi connectivity index (χ3v) is 4.70. The van der Waals surface area contributed by atoms with Crippen LogP contribution in [0.3, 0.4) is 0 Å². The summed E-state index contributed by atoms with van der Waals surface area (Å²) in [5.74, 6) is 0.468. The van der Waals surface area contributed by atoms with Crippen LogP contribution >= 0.6 is 22.9 Å². The number of thiophene rings is 1. The van der Waals surface area contributed by atoms with Crippen LogP contribution in [0.2, 0.25) is 5.02 Å². The molecule has 0 saturated heterocycles. The zero-order chi connectivity index (χ0) is 15.4. The van der Waals surface area contributed by atoms with Crippen LogP contribution in [0.1, 0.15) is 11.1 Å². The van der Waals surface area contributed by atoms with Gasteiger partial charge >= 0.3 is 5.00 Å². The molecule has 5 nitrogen and oxygen atoms in total. The molecule has 0 aliphatic heterocycles. The van der Waals surface area contributed by atoms with E-state index in [2.05, 4.69) is 5.32 Å². The molecule has 0 fully saturated rings. The number of nitrogens with zero attached hydrogens (tertiary/aromatic N) is 1. The molecule has 0 unspecified atom stereocenters. The average molecular weight is 345 g/mol. The summed E-state index contributed by atoms with van der Waals surface area (Å²) >= 11 is 7.21. The lowest BCUT2D eigenvalue weighted by Gasteiger charge is -2.09. The first kappa shape index (κ1) is 15.9. The summed E-state index contributed by atoms with van der Waals surface area (Å²) in [5.41, 5.74) is 2.49. The highest BCUT2D eigenvalue weighted by Gasteiger charge is 2.10. The maximum atomic E-state index is 11.3. The summed E-state index contributed by atoms with van der Waals surface area (Å²) in [6.07, 6.45) is 1.65. The first-order valence-corrected chi connectivity index (χ1v) is 8.98. The quantitative estimate of drug-likeness (QED) is 0.639. The number of halogens is 1. The highest BCUT2D eigenvalue weighted by Crippen LogP contribution is 2.26. The summed E-state index contributed by atoms with van der Waals surface area (Å²) in [6.45, 7) is 0.447. The van der Waals surface area contributed by atoms with Gasteiger partial charge in [0.2, 0.25) is 0 Å². The summed E-state index contributed by atoms with van der Waals surface area (Å²) in [4.78, 5) is 10.2. The SMILES string of the molecule is C[S@@](=O)Cc1ccc(Cl)c(NCc2csc([N+](=O)[O-])c2)c1. The van der Waals surface area contributed by atoms with Crippen molar-refractivity contribution in [2.75, 3.05) is 11.6 Å². The Balaban J connectivity index is 2.07. The van der Waals surface area contributed by atoms with Crippen LogP contribution in [0.25, 0.3) is 0 Å². The molecule has 1 aromatic heterocycles. The van der Waals surface area contributed by atoms with Gasteiger partial charge in [-0.2, -0.15) is 0 Å². The fourth-order valence-corrected chi connectivity index (χ4v) is 3.34. The smallest absolute Gasteiger partial charge is 0.324 e. The third-order valence-electron chi connectivity index (χ3n) is 2.70. The Morgan fingerprint density at radius 1 is 1.38 bits per heavy atom. The molecule has 2 aromatic rings. The van der Waals surface area contributed by atoms with Gasteiger partial charge in [-0.05, 0) is 23.3 Å². The number of benzene rings is 1. The van der Waals surface area contributed by atoms with Crippen LogP contribution in [0.15, 0.2) is 29.6 Å². The molecule has 21 heavy (non-hydrogen) atoms. The number of rotatable bonds is 6. The molecule has 1 N–H and O–H groups in total. The second-order valence-corrected chi connectivity index (χ2v) is 7.17. The molecule has 1 atom stereocenters. The number of hydrogen-bond donors (Lipinski definition) is 1. The van der Waals surface area contributed by atoms with Crippen molar-refractivity contribution in [1.29, 1.82) is 0 Å². The van der Waals surface area contributed by atoms with Crippen molar-refractivity contribution in [3.05, 3.63) is 55.9 Å². The largest absolute Gasteiger partial charge is 0.380 e. The van der Waals surface area contributed by atoms with Gasteiger partial charge in [0, 0.05) is 40.8 Å². The van der Waals surface area contributed by atoms with Crippen molar-refractivity contribution in [2.24, 2.45) is 0 Å². The molecule has 0 spiro atoms. The van der Waals surface area contributed by atoms with E-state index in [1.165, 1.54) is 6.07 Å². The number of nitro groups is 1. The van der Waals surface area contributed by atoms with Gasteiger partial charge in [0.1, 0.15) is 0 Å². The van der Waals surface area contributed by atoms with Gasteiger partial charge in [0.05, 0.1) is 15.6 Å². The third kappa shape index (κ3) is 4.52. The lowest BCUT2D eigenvalue weighted by atomic mass is 10.2. The minimum atomic E-state index is -0.917. The Morgan fingerprint density at radius 3 is 2.76 bits per heavy atom. The number of anilines is 1. The van der Waals surface area contributed by atoms with Crippen molar-refractivity contribution in [3.63, 3.8) is 0 Å². The predicted octanol–water partition coefficient (Wildman–Crippen LogP) is 3.80. The molecule has 0 radical (unpaired) electrons. The summed E-state index contributed by atoms with van der Waals surface area (Å²) in [6, 6.07) is 6.98. The van der Waals surface area contributed by atoms with Gasteiger partial charge in [-0.25, -0.2) is 0 Å². The molecule has 8 heteroatoms. The molecular weight excluding hydrogens is 332 g/mol. The van der Waals surface area contributed by atoms with Crippen molar-refractivity contribution in [3.8, 4) is 0 Å². The highest BCUT2D eigenvalue weighted by atomic mass is 35.5. The Labute approximate surface area is 133 Å². The Hall–Kier alpha value is -1.44. The minimum absolute atomic E-state index is 0.119. The molecule has 112 valence electrons. The van der Waals surface area contributed by atoms with E-state index < -0.39 is 15.7 Å². The van der Waals surface area contributed by atoms with Crippen LogP contribution in [-0.2, 0) is 23.1 Å². The van der Waals surface area contributed by atoms with E-state index in [-0.39, 0.29) is 5.00 Å². The highest BCUT2D eigenvalue weighted by molar-refractivity contribution is 7.83. The molecule has 0 aliphatic rings. The lowest BCUT2D eigenvalue weighted by Crippen LogP contribution is -2.00. The van der Waals surface area contributed by atoms with Gasteiger partial charge < -0.3 is 5.32 Å². The van der Waals surface area contributed by atoms with E-state index >= 15 is 0 Å². The predicted molar refractivity (Wildman–Crippen MR) is 87.5 cm³/mol. The van der Waals surface area contributed by atoms with Crippen LogP contribution in [-0.4, -0.2) is 15.4 Å². The maximum Gasteiger partial charge on any atom is 0.324 e. The van der Waals surface area contributed by atoms with E-state index in [0.29, 0.717) is 17.3 Å². The second-order valence-electron chi connectivity index (χ2n) is 4.44. The zero-order valence-corrected chi connectivity index (χ0v) is 13.6. The molecule has 2 rings (SSSR count). The molecule has 0 bridgehead atoms. The Bertz CT molecular complexity index is 688. The second kappa shape index (κ2) is 7.02. The van der Waals surface area contributed by atoms with E-state index in [1.54, 1.807) is 17.7 Å². The van der Waals surface area contributed by atoms with Crippen molar-refractivity contribution < 1.29 is 9.13 Å². The van der Waals surface area contributed by atoms with Crippen molar-refractivity contribution >= 4 is 44.4 Å². The average Bonchev–Trinajstić information content (AvgIpc) is 2.88. The molecule has 1 aromatic carbocycles. The topological polar surface area (TPSA) is 72.2 Å². The van der Waals surface area contributed by atoms with E-state index in [9.17, 15) is 14.3 Å². The molecule has 0 amide bonds. The van der Waals surface area contributed by atoms with Crippen molar-refractivity contribution in [2.45, 2.75) is 12.3 Å². The Morgan fingerprint density at radius 2 is 2.14 bits per heavy atom. The monoisotopic (exact) mass is 344 g/mol. The van der Waals surface area contributed by atoms with E-state index in [4.69, 9.17) is 11.6 Å². The molecule has 0 aliphatic carbocycles. The Kier molecular flexibility index (Phi) is 5.33. The first-order chi connectivity index (χ1) is 9.95. The van der Waals surface area contributed by atoms with Gasteiger partial charge in [-0.1, -0.05) is 29.0 Å². The van der Waals surface area contributed by atoms with Crippen LogP contribution < -0.4 is 5.32 Å². The molecular formula is C13H13ClN2O3S2. The van der Waals surface area contributed by atoms with Crippen LogP contribution in [0.4, 0.5) is 10.7 Å². The van der Waals surface area contributed by atoms with Crippen molar-refractivity contribution in [1.82, 2.24) is 0 Å². The molecule has 0 saturated carbocycles. The van der Waals surface area contributed by atoms with Crippen LogP contribution in [0, 0.1) is 10.1 Å². The number of hydrogen-bond acceptors (Lipinski definition) is 5. The number of nitrogens with one attached hydrogen (secondary N) is 1. The van der Waals surface area contributed by atoms with Crippen LogP contribution in [0.5, 0.6) is 0 Å². The van der Waals surface area contributed by atoms with Gasteiger partial charge in [0.15, 0.2) is 0 Å². The van der Waals surface area contributed by atoms with E-state index in [0.717, 1.165) is 28.2 Å². The van der Waals surface area contributed by atoms with Gasteiger partial charge in [-0.15, -0.1) is 0 Å². The normalized spacial score (nSPS) is 12.1. The van der Waals surface area contributed by atoms with Gasteiger partial charge in [-0.3, -0.25) is 14.3 Å². The zero-order valence-electron chi connectivity index (χ0n) is 11.2. The standard InChI is InChI=1S/C13H13ClN2O3S2/c1-21(19)8-9-2-3-11(14)12(4-9)15-6-10-5-13(16(17)18)20-7-10/h2-5,7,15H,6,8H2,1H3/t21-/m1/s1. The lowest BCUT2D eigenvalue weighted by molar-refractivity contribution is -0.380. The maximum absolute atomic E-state index is 11.3. The minimum Gasteiger partial charge on any atom is -0.380 e.